The predicted octanol–water partition coefficient (Wildman–Crippen LogP) is 1.80. The number of rotatable bonds is 2. The van der Waals surface area contributed by atoms with Crippen molar-refractivity contribution in [3.63, 3.8) is 0 Å². The van der Waals surface area contributed by atoms with E-state index in [1.165, 1.54) is 7.11 Å². The highest BCUT2D eigenvalue weighted by atomic mass is 32.1. The SMILES string of the molecule is COc1nc(=S)nc(-c2ccoc2)[nH]1. The monoisotopic (exact) mass is 209 g/mol. The van der Waals surface area contributed by atoms with Crippen molar-refractivity contribution in [2.24, 2.45) is 0 Å². The second-order valence-corrected chi connectivity index (χ2v) is 2.87. The Bertz CT molecular complexity index is 478. The summed E-state index contributed by atoms with van der Waals surface area (Å²) in [4.78, 5) is 10.8. The maximum atomic E-state index is 4.93. The van der Waals surface area contributed by atoms with E-state index in [4.69, 9.17) is 21.4 Å². The van der Waals surface area contributed by atoms with Crippen LogP contribution in [0.15, 0.2) is 23.0 Å². The van der Waals surface area contributed by atoms with E-state index < -0.39 is 0 Å². The van der Waals surface area contributed by atoms with Gasteiger partial charge in [0.15, 0.2) is 0 Å². The number of aromatic amines is 1. The lowest BCUT2D eigenvalue weighted by molar-refractivity contribution is 0.378. The van der Waals surface area contributed by atoms with Crippen LogP contribution in [-0.4, -0.2) is 22.1 Å². The molecule has 0 aliphatic rings. The van der Waals surface area contributed by atoms with E-state index in [2.05, 4.69) is 15.0 Å². The maximum absolute atomic E-state index is 4.93. The number of hydrogen-bond acceptors (Lipinski definition) is 5. The third-order valence-corrected chi connectivity index (χ3v) is 1.80. The molecule has 0 bridgehead atoms. The summed E-state index contributed by atoms with van der Waals surface area (Å²) >= 11 is 4.87. The molecule has 72 valence electrons. The smallest absolute Gasteiger partial charge is 0.297 e. The molecule has 0 aromatic carbocycles. The molecular weight excluding hydrogens is 202 g/mol. The summed E-state index contributed by atoms with van der Waals surface area (Å²) in [6.07, 6.45) is 3.12. The van der Waals surface area contributed by atoms with Gasteiger partial charge in [0, 0.05) is 0 Å². The van der Waals surface area contributed by atoms with Gasteiger partial charge in [0.2, 0.25) is 4.77 Å². The molecule has 2 aromatic rings. The molecule has 5 nitrogen and oxygen atoms in total. The van der Waals surface area contributed by atoms with Gasteiger partial charge in [-0.15, -0.1) is 0 Å². The molecule has 0 amide bonds. The van der Waals surface area contributed by atoms with Gasteiger partial charge in [-0.3, -0.25) is 4.98 Å². The average Bonchev–Trinajstić information content (AvgIpc) is 2.69. The highest BCUT2D eigenvalue weighted by Crippen LogP contribution is 2.15. The van der Waals surface area contributed by atoms with Crippen LogP contribution in [0.3, 0.4) is 0 Å². The van der Waals surface area contributed by atoms with E-state index in [1.54, 1.807) is 18.6 Å². The Labute approximate surface area is 84.8 Å². The molecule has 0 spiro atoms. The third kappa shape index (κ3) is 1.64. The molecule has 2 rings (SSSR count). The normalized spacial score (nSPS) is 10.1. The molecule has 0 radical (unpaired) electrons. The number of nitrogens with one attached hydrogen (secondary N) is 1. The van der Waals surface area contributed by atoms with Gasteiger partial charge in [0.25, 0.3) is 6.01 Å². The van der Waals surface area contributed by atoms with E-state index >= 15 is 0 Å². The first-order chi connectivity index (χ1) is 6.79. The quantitative estimate of drug-likeness (QED) is 0.764. The number of nitrogens with zero attached hydrogens (tertiary/aromatic N) is 2. The van der Waals surface area contributed by atoms with Crippen molar-refractivity contribution in [3.05, 3.63) is 23.4 Å². The van der Waals surface area contributed by atoms with Crippen LogP contribution in [0.5, 0.6) is 6.01 Å². The van der Waals surface area contributed by atoms with Gasteiger partial charge in [-0.05, 0) is 18.3 Å². The fourth-order valence-electron chi connectivity index (χ4n) is 0.997. The zero-order valence-electron chi connectivity index (χ0n) is 7.35. The predicted molar refractivity (Wildman–Crippen MR) is 51.5 cm³/mol. The van der Waals surface area contributed by atoms with Crippen LogP contribution in [0.4, 0.5) is 0 Å². The van der Waals surface area contributed by atoms with E-state index in [1.807, 2.05) is 0 Å². The fourth-order valence-corrected chi connectivity index (χ4v) is 1.17. The number of furan rings is 1. The number of methoxy groups -OCH3 is 1. The Morgan fingerprint density at radius 3 is 3.00 bits per heavy atom. The number of aromatic nitrogens is 3. The first kappa shape index (κ1) is 8.89. The van der Waals surface area contributed by atoms with Gasteiger partial charge < -0.3 is 9.15 Å². The van der Waals surface area contributed by atoms with E-state index in [0.29, 0.717) is 11.8 Å². The molecular formula is C8H7N3O2S. The minimum atomic E-state index is 0.233. The van der Waals surface area contributed by atoms with Gasteiger partial charge in [-0.1, -0.05) is 0 Å². The van der Waals surface area contributed by atoms with Gasteiger partial charge in [0.05, 0.1) is 18.9 Å². The summed E-state index contributed by atoms with van der Waals surface area (Å²) in [5.41, 5.74) is 0.803. The van der Waals surface area contributed by atoms with Gasteiger partial charge in [0.1, 0.15) is 12.1 Å². The van der Waals surface area contributed by atoms with Crippen molar-refractivity contribution < 1.29 is 9.15 Å². The van der Waals surface area contributed by atoms with Crippen molar-refractivity contribution >= 4 is 12.2 Å². The van der Waals surface area contributed by atoms with Crippen molar-refractivity contribution in [2.75, 3.05) is 7.11 Å². The summed E-state index contributed by atoms with van der Waals surface area (Å²) in [6.45, 7) is 0. The number of ether oxygens (including phenoxy) is 1. The number of H-pyrrole nitrogens is 1. The van der Waals surface area contributed by atoms with Crippen LogP contribution in [0.1, 0.15) is 0 Å². The summed E-state index contributed by atoms with van der Waals surface area (Å²) in [7, 11) is 1.51. The second kappa shape index (κ2) is 3.59. The summed E-state index contributed by atoms with van der Waals surface area (Å²) in [6, 6.07) is 2.11. The average molecular weight is 209 g/mol. The molecule has 0 atom stereocenters. The summed E-state index contributed by atoms with van der Waals surface area (Å²) in [5.74, 6) is 0.579. The van der Waals surface area contributed by atoms with Crippen molar-refractivity contribution in [1.82, 2.24) is 15.0 Å². The van der Waals surface area contributed by atoms with Crippen molar-refractivity contribution in [3.8, 4) is 17.4 Å². The molecule has 2 heterocycles. The largest absolute Gasteiger partial charge is 0.472 e. The molecule has 0 saturated carbocycles. The minimum absolute atomic E-state index is 0.233. The molecule has 0 aliphatic heterocycles. The zero-order chi connectivity index (χ0) is 9.97. The Morgan fingerprint density at radius 1 is 1.50 bits per heavy atom. The fraction of sp³-hybridized carbons (Fsp3) is 0.125. The van der Waals surface area contributed by atoms with Crippen LogP contribution in [0.2, 0.25) is 0 Å². The van der Waals surface area contributed by atoms with Crippen LogP contribution in [0.25, 0.3) is 11.4 Å². The zero-order valence-corrected chi connectivity index (χ0v) is 8.17. The molecule has 14 heavy (non-hydrogen) atoms. The van der Waals surface area contributed by atoms with Crippen LogP contribution in [0, 0.1) is 4.77 Å². The Morgan fingerprint density at radius 2 is 2.36 bits per heavy atom. The topological polar surface area (TPSA) is 63.9 Å². The van der Waals surface area contributed by atoms with E-state index in [9.17, 15) is 0 Å². The molecule has 0 fully saturated rings. The van der Waals surface area contributed by atoms with Gasteiger partial charge >= 0.3 is 0 Å². The second-order valence-electron chi connectivity index (χ2n) is 2.50. The first-order valence-electron chi connectivity index (χ1n) is 3.84. The van der Waals surface area contributed by atoms with Gasteiger partial charge in [-0.25, -0.2) is 4.98 Å². The van der Waals surface area contributed by atoms with Crippen molar-refractivity contribution in [2.45, 2.75) is 0 Å². The Balaban J connectivity index is 2.54. The molecule has 1 N–H and O–H groups in total. The van der Waals surface area contributed by atoms with Crippen LogP contribution >= 0.6 is 12.2 Å². The highest BCUT2D eigenvalue weighted by Gasteiger charge is 2.03. The molecule has 6 heteroatoms. The summed E-state index contributed by atoms with van der Waals surface area (Å²) in [5, 5.41) is 0. The third-order valence-electron chi connectivity index (χ3n) is 1.62. The maximum Gasteiger partial charge on any atom is 0.297 e. The molecule has 0 unspecified atom stereocenters. The Hall–Kier alpha value is -1.69. The summed E-state index contributed by atoms with van der Waals surface area (Å²) < 4.78 is 10.1. The Kier molecular flexibility index (Phi) is 2.28. The minimum Gasteiger partial charge on any atom is -0.472 e. The van der Waals surface area contributed by atoms with Crippen molar-refractivity contribution in [1.29, 1.82) is 0 Å². The molecule has 0 aliphatic carbocycles. The molecule has 0 saturated heterocycles. The lowest BCUT2D eigenvalue weighted by atomic mass is 10.3. The first-order valence-corrected chi connectivity index (χ1v) is 4.25. The van der Waals surface area contributed by atoms with Crippen LogP contribution < -0.4 is 4.74 Å². The number of hydrogen-bond donors (Lipinski definition) is 1. The highest BCUT2D eigenvalue weighted by molar-refractivity contribution is 7.71. The van der Waals surface area contributed by atoms with Crippen LogP contribution in [-0.2, 0) is 0 Å². The van der Waals surface area contributed by atoms with E-state index in [-0.39, 0.29) is 4.77 Å². The lowest BCUT2D eigenvalue weighted by Crippen LogP contribution is -1.96. The van der Waals surface area contributed by atoms with E-state index in [0.717, 1.165) is 5.56 Å². The molecule has 2 aromatic heterocycles. The van der Waals surface area contributed by atoms with Gasteiger partial charge in [-0.2, -0.15) is 4.98 Å². The standard InChI is InChI=1S/C8H7N3O2S/c1-12-7-9-6(10-8(14)11-7)5-2-3-13-4-5/h2-4H,1H3,(H,9,10,11,14). The lowest BCUT2D eigenvalue weighted by Gasteiger charge is -2.00.